The van der Waals surface area contributed by atoms with Gasteiger partial charge in [-0.15, -0.1) is 0 Å². The molecule has 0 bridgehead atoms. The molecule has 0 spiro atoms. The lowest BCUT2D eigenvalue weighted by Crippen LogP contribution is -2.45. The second-order valence-corrected chi connectivity index (χ2v) is 4.99. The summed E-state index contributed by atoms with van der Waals surface area (Å²) in [5.74, 6) is 0.891. The van der Waals surface area contributed by atoms with Crippen LogP contribution in [0, 0.1) is 24.2 Å². The summed E-state index contributed by atoms with van der Waals surface area (Å²) in [5.41, 5.74) is 5.49. The summed E-state index contributed by atoms with van der Waals surface area (Å²) in [4.78, 5) is 0. The molecule has 1 radical (unpaired) electrons. The topological polar surface area (TPSA) is 67.6 Å². The first-order valence-corrected chi connectivity index (χ1v) is 5.58. The molecule has 1 aromatic rings. The lowest BCUT2D eigenvalue weighted by Gasteiger charge is -2.45. The van der Waals surface area contributed by atoms with E-state index in [-0.39, 0.29) is 5.54 Å². The number of nitrogens with two attached hydrogens (primary N) is 1. The summed E-state index contributed by atoms with van der Waals surface area (Å²) >= 11 is 3.32. The zero-order valence-electron chi connectivity index (χ0n) is 8.28. The maximum Gasteiger partial charge on any atom is 0.159 e. The maximum absolute atomic E-state index is 8.84. The standard InChI is InChI=1S/C10H12BrN4/c1-7-4-10(5-7,2-3-12)15-6-8(11)9(13)14-15/h6-7H,1-2,4-5H2,(H2,13,14)/t7-,10-. The average molecular weight is 268 g/mol. The van der Waals surface area contributed by atoms with Crippen LogP contribution < -0.4 is 5.73 Å². The molecular weight excluding hydrogens is 256 g/mol. The lowest BCUT2D eigenvalue weighted by molar-refractivity contribution is 0.0829. The van der Waals surface area contributed by atoms with E-state index in [2.05, 4.69) is 34.0 Å². The van der Waals surface area contributed by atoms with Crippen LogP contribution in [0.25, 0.3) is 0 Å². The highest BCUT2D eigenvalue weighted by molar-refractivity contribution is 9.10. The van der Waals surface area contributed by atoms with Gasteiger partial charge in [-0.25, -0.2) is 0 Å². The molecule has 2 rings (SSSR count). The van der Waals surface area contributed by atoms with Crippen molar-refractivity contribution in [3.63, 3.8) is 0 Å². The van der Waals surface area contributed by atoms with Gasteiger partial charge in [0.1, 0.15) is 0 Å². The molecule has 1 aliphatic rings. The van der Waals surface area contributed by atoms with Gasteiger partial charge >= 0.3 is 0 Å². The van der Waals surface area contributed by atoms with Crippen LogP contribution in [0.1, 0.15) is 19.3 Å². The Kier molecular flexibility index (Phi) is 2.47. The highest BCUT2D eigenvalue weighted by Gasteiger charge is 2.44. The quantitative estimate of drug-likeness (QED) is 0.892. The van der Waals surface area contributed by atoms with Crippen LogP contribution in [0.3, 0.4) is 0 Å². The fraction of sp³-hybridized carbons (Fsp3) is 0.500. The SMILES string of the molecule is [CH2][C@H]1C[C@](CC#N)(n2cc(Br)c(N)n2)C1. The van der Waals surface area contributed by atoms with Crippen molar-refractivity contribution in [2.45, 2.75) is 24.8 Å². The maximum atomic E-state index is 8.84. The number of nitrogens with zero attached hydrogens (tertiary/aromatic N) is 3. The molecule has 1 aromatic heterocycles. The summed E-state index contributed by atoms with van der Waals surface area (Å²) < 4.78 is 2.60. The van der Waals surface area contributed by atoms with Gasteiger partial charge in [0.05, 0.1) is 22.5 Å². The highest BCUT2D eigenvalue weighted by atomic mass is 79.9. The Bertz CT molecular complexity index is 392. The van der Waals surface area contributed by atoms with Gasteiger partial charge in [0, 0.05) is 6.20 Å². The fourth-order valence-electron chi connectivity index (χ4n) is 2.18. The first kappa shape index (κ1) is 10.5. The number of halogens is 1. The van der Waals surface area contributed by atoms with Gasteiger partial charge in [-0.2, -0.15) is 10.4 Å². The van der Waals surface area contributed by atoms with Gasteiger partial charge in [0.15, 0.2) is 5.82 Å². The molecule has 1 heterocycles. The smallest absolute Gasteiger partial charge is 0.159 e. The first-order valence-electron chi connectivity index (χ1n) is 4.78. The third-order valence-corrected chi connectivity index (χ3v) is 3.54. The molecule has 4 nitrogen and oxygen atoms in total. The van der Waals surface area contributed by atoms with Crippen molar-refractivity contribution in [1.82, 2.24) is 9.78 Å². The summed E-state index contributed by atoms with van der Waals surface area (Å²) in [6.07, 6.45) is 4.10. The fourth-order valence-corrected chi connectivity index (χ4v) is 2.46. The van der Waals surface area contributed by atoms with E-state index in [1.54, 1.807) is 0 Å². The molecule has 2 N–H and O–H groups in total. The van der Waals surface area contributed by atoms with Gasteiger partial charge in [0.25, 0.3) is 0 Å². The molecule has 0 aromatic carbocycles. The molecule has 15 heavy (non-hydrogen) atoms. The molecular formula is C10H12BrN4. The van der Waals surface area contributed by atoms with Crippen LogP contribution in [-0.4, -0.2) is 9.78 Å². The molecule has 0 saturated heterocycles. The molecule has 1 fully saturated rings. The Morgan fingerprint density at radius 2 is 2.47 bits per heavy atom. The summed E-state index contributed by atoms with van der Waals surface area (Å²) in [6.45, 7) is 3.98. The van der Waals surface area contributed by atoms with Crippen molar-refractivity contribution in [1.29, 1.82) is 5.26 Å². The summed E-state index contributed by atoms with van der Waals surface area (Å²) in [7, 11) is 0. The minimum atomic E-state index is -0.179. The van der Waals surface area contributed by atoms with Gasteiger partial charge < -0.3 is 5.73 Å². The van der Waals surface area contributed by atoms with Crippen LogP contribution in [0.2, 0.25) is 0 Å². The number of aromatic nitrogens is 2. The highest BCUT2D eigenvalue weighted by Crippen LogP contribution is 2.46. The van der Waals surface area contributed by atoms with Crippen LogP contribution >= 0.6 is 15.9 Å². The van der Waals surface area contributed by atoms with Crippen molar-refractivity contribution < 1.29 is 0 Å². The van der Waals surface area contributed by atoms with Gasteiger partial charge in [0.2, 0.25) is 0 Å². The lowest BCUT2D eigenvalue weighted by atomic mass is 9.68. The minimum absolute atomic E-state index is 0.179. The van der Waals surface area contributed by atoms with E-state index in [4.69, 9.17) is 11.0 Å². The largest absolute Gasteiger partial charge is 0.381 e. The molecule has 1 aliphatic carbocycles. The zero-order valence-corrected chi connectivity index (χ0v) is 9.87. The van der Waals surface area contributed by atoms with Crippen molar-refractivity contribution in [2.24, 2.45) is 5.92 Å². The second-order valence-electron chi connectivity index (χ2n) is 4.14. The van der Waals surface area contributed by atoms with E-state index in [9.17, 15) is 0 Å². The molecule has 0 unspecified atom stereocenters. The summed E-state index contributed by atoms with van der Waals surface area (Å²) in [6, 6.07) is 2.21. The van der Waals surface area contributed by atoms with Crippen molar-refractivity contribution in [2.75, 3.05) is 5.73 Å². The van der Waals surface area contributed by atoms with E-state index in [0.29, 0.717) is 18.2 Å². The summed E-state index contributed by atoms with van der Waals surface area (Å²) in [5, 5.41) is 13.1. The number of rotatable bonds is 2. The Balaban J connectivity index is 2.30. The zero-order chi connectivity index (χ0) is 11.1. The van der Waals surface area contributed by atoms with E-state index in [0.717, 1.165) is 17.3 Å². The van der Waals surface area contributed by atoms with E-state index in [1.807, 2.05) is 10.9 Å². The van der Waals surface area contributed by atoms with Crippen LogP contribution in [0.5, 0.6) is 0 Å². The first-order chi connectivity index (χ1) is 7.07. The Morgan fingerprint density at radius 1 is 1.80 bits per heavy atom. The molecule has 1 saturated carbocycles. The molecule has 0 aliphatic heterocycles. The second kappa shape index (κ2) is 3.53. The van der Waals surface area contributed by atoms with E-state index < -0.39 is 0 Å². The van der Waals surface area contributed by atoms with Gasteiger partial charge in [-0.1, -0.05) is 6.92 Å². The molecule has 0 atom stereocenters. The molecule has 5 heteroatoms. The molecule has 79 valence electrons. The van der Waals surface area contributed by atoms with Crippen molar-refractivity contribution in [3.8, 4) is 6.07 Å². The Morgan fingerprint density at radius 3 is 2.87 bits per heavy atom. The minimum Gasteiger partial charge on any atom is -0.381 e. The Labute approximate surface area is 97.2 Å². The van der Waals surface area contributed by atoms with Gasteiger partial charge in [-0.05, 0) is 34.7 Å². The Hall–Kier alpha value is -1.02. The van der Waals surface area contributed by atoms with Crippen molar-refractivity contribution >= 4 is 21.7 Å². The third kappa shape index (κ3) is 1.63. The average Bonchev–Trinajstić information content (AvgIpc) is 2.44. The monoisotopic (exact) mass is 267 g/mol. The number of hydrogen-bond donors (Lipinski definition) is 1. The van der Waals surface area contributed by atoms with Crippen LogP contribution in [-0.2, 0) is 5.54 Å². The molecule has 0 amide bonds. The normalized spacial score (nSPS) is 29.5. The number of nitriles is 1. The van der Waals surface area contributed by atoms with Crippen LogP contribution in [0.4, 0.5) is 5.82 Å². The number of anilines is 1. The van der Waals surface area contributed by atoms with E-state index in [1.165, 1.54) is 0 Å². The van der Waals surface area contributed by atoms with Crippen LogP contribution in [0.15, 0.2) is 10.7 Å². The van der Waals surface area contributed by atoms with E-state index >= 15 is 0 Å². The number of hydrogen-bond acceptors (Lipinski definition) is 3. The predicted octanol–water partition coefficient (Wildman–Crippen LogP) is 2.08. The predicted molar refractivity (Wildman–Crippen MR) is 60.6 cm³/mol. The third-order valence-electron chi connectivity index (χ3n) is 2.93. The van der Waals surface area contributed by atoms with Gasteiger partial charge in [-0.3, -0.25) is 4.68 Å². The number of nitrogen functional groups attached to an aromatic ring is 1. The van der Waals surface area contributed by atoms with Crippen molar-refractivity contribution in [3.05, 3.63) is 17.6 Å².